The second kappa shape index (κ2) is 7.13. The van der Waals surface area contributed by atoms with E-state index in [0.29, 0.717) is 18.4 Å². The number of nitrogens with two attached hydrogens (primary N) is 1. The fraction of sp³-hybridized carbons (Fsp3) is 0.333. The van der Waals surface area contributed by atoms with E-state index >= 15 is 0 Å². The minimum atomic E-state index is 0.393. The van der Waals surface area contributed by atoms with Crippen molar-refractivity contribution < 1.29 is 4.74 Å². The van der Waals surface area contributed by atoms with E-state index in [-0.39, 0.29) is 0 Å². The first kappa shape index (κ1) is 15.3. The fourth-order valence-corrected chi connectivity index (χ4v) is 2.16. The molecule has 0 spiro atoms. The van der Waals surface area contributed by atoms with E-state index in [1.54, 1.807) is 6.20 Å². The Morgan fingerprint density at radius 3 is 2.91 bits per heavy atom. The van der Waals surface area contributed by atoms with Crippen molar-refractivity contribution in [2.45, 2.75) is 26.3 Å². The molecule has 0 bridgehead atoms. The monoisotopic (exact) mass is 310 g/mol. The highest BCUT2D eigenvalue weighted by Gasteiger charge is 2.21. The lowest BCUT2D eigenvalue weighted by atomic mass is 10.2. The van der Waals surface area contributed by atoms with Gasteiger partial charge in [0, 0.05) is 18.0 Å². The smallest absolute Gasteiger partial charge is 0.213 e. The van der Waals surface area contributed by atoms with Gasteiger partial charge in [0.1, 0.15) is 0 Å². The second-order valence-electron chi connectivity index (χ2n) is 5.96. The average Bonchev–Trinajstić information content (AvgIpc) is 3.36. The second-order valence-corrected chi connectivity index (χ2v) is 5.96. The number of nitrogens with zero attached hydrogens (tertiary/aromatic N) is 2. The average molecular weight is 310 g/mol. The Balaban J connectivity index is 1.51. The fourth-order valence-electron chi connectivity index (χ4n) is 2.16. The van der Waals surface area contributed by atoms with Gasteiger partial charge in [0.25, 0.3) is 0 Å². The molecule has 0 atom stereocenters. The van der Waals surface area contributed by atoms with Crippen molar-refractivity contribution in [1.29, 1.82) is 0 Å². The van der Waals surface area contributed by atoms with Gasteiger partial charge in [-0.1, -0.05) is 18.2 Å². The molecule has 23 heavy (non-hydrogen) atoms. The van der Waals surface area contributed by atoms with Crippen LogP contribution in [-0.4, -0.2) is 17.6 Å². The van der Waals surface area contributed by atoms with Gasteiger partial charge in [-0.3, -0.25) is 0 Å². The van der Waals surface area contributed by atoms with Gasteiger partial charge in [-0.25, -0.2) is 9.98 Å². The van der Waals surface area contributed by atoms with Crippen molar-refractivity contribution in [3.63, 3.8) is 0 Å². The predicted molar refractivity (Wildman–Crippen MR) is 92.6 cm³/mol. The number of pyridine rings is 1. The predicted octanol–water partition coefficient (Wildman–Crippen LogP) is 3.11. The van der Waals surface area contributed by atoms with E-state index in [1.165, 1.54) is 18.4 Å². The molecule has 5 nitrogen and oxygen atoms in total. The lowest BCUT2D eigenvalue weighted by Gasteiger charge is -2.07. The van der Waals surface area contributed by atoms with Crippen LogP contribution in [0.2, 0.25) is 0 Å². The van der Waals surface area contributed by atoms with Crippen molar-refractivity contribution in [3.05, 3.63) is 53.7 Å². The maximum absolute atomic E-state index is 5.92. The normalized spacial score (nSPS) is 14.6. The molecule has 5 heteroatoms. The molecule has 1 fully saturated rings. The van der Waals surface area contributed by atoms with Crippen LogP contribution in [0.5, 0.6) is 5.88 Å². The Bertz CT molecular complexity index is 678. The number of aryl methyl sites for hydroxylation is 1. The molecule has 2 aromatic rings. The van der Waals surface area contributed by atoms with Crippen molar-refractivity contribution >= 4 is 11.6 Å². The van der Waals surface area contributed by atoms with Gasteiger partial charge in [-0.05, 0) is 48.9 Å². The molecule has 3 N–H and O–H groups in total. The van der Waals surface area contributed by atoms with Gasteiger partial charge in [-0.15, -0.1) is 0 Å². The Kier molecular flexibility index (Phi) is 4.76. The molecule has 0 unspecified atom stereocenters. The third kappa shape index (κ3) is 4.98. The third-order valence-corrected chi connectivity index (χ3v) is 3.68. The topological polar surface area (TPSA) is 72.5 Å². The maximum atomic E-state index is 5.92. The van der Waals surface area contributed by atoms with Crippen LogP contribution in [-0.2, 0) is 6.54 Å². The van der Waals surface area contributed by atoms with Crippen molar-refractivity contribution in [1.82, 2.24) is 4.98 Å². The Labute approximate surface area is 136 Å². The van der Waals surface area contributed by atoms with E-state index < -0.39 is 0 Å². The molecular formula is C18H22N4O. The van der Waals surface area contributed by atoms with Crippen LogP contribution in [0, 0.1) is 12.8 Å². The lowest BCUT2D eigenvalue weighted by molar-refractivity contribution is 0.288. The number of hydrogen-bond acceptors (Lipinski definition) is 3. The number of rotatable bonds is 6. The van der Waals surface area contributed by atoms with Gasteiger partial charge in [0.2, 0.25) is 5.88 Å². The third-order valence-electron chi connectivity index (χ3n) is 3.68. The van der Waals surface area contributed by atoms with Crippen molar-refractivity contribution in [2.24, 2.45) is 16.6 Å². The standard InChI is InChI=1S/C18H22N4O/c1-13-3-2-4-16(9-13)22-18(19)21-11-15-7-8-17(20-10-15)23-12-14-5-6-14/h2-4,7-10,14H,5-6,11-12H2,1H3,(H3,19,21,22). The highest BCUT2D eigenvalue weighted by atomic mass is 16.5. The highest BCUT2D eigenvalue weighted by molar-refractivity contribution is 5.92. The van der Waals surface area contributed by atoms with Crippen molar-refractivity contribution in [2.75, 3.05) is 11.9 Å². The summed E-state index contributed by atoms with van der Waals surface area (Å²) in [7, 11) is 0. The number of benzene rings is 1. The molecule has 3 rings (SSSR count). The van der Waals surface area contributed by atoms with Crippen LogP contribution in [0.3, 0.4) is 0 Å². The number of aromatic nitrogens is 1. The first-order valence-electron chi connectivity index (χ1n) is 7.90. The zero-order valence-corrected chi connectivity index (χ0v) is 13.3. The Morgan fingerprint density at radius 1 is 1.35 bits per heavy atom. The van der Waals surface area contributed by atoms with Gasteiger partial charge >= 0.3 is 0 Å². The first-order chi connectivity index (χ1) is 11.2. The van der Waals surface area contributed by atoms with Crippen LogP contribution < -0.4 is 15.8 Å². The molecule has 0 amide bonds. The maximum Gasteiger partial charge on any atom is 0.213 e. The summed E-state index contributed by atoms with van der Waals surface area (Å²) >= 11 is 0. The quantitative estimate of drug-likeness (QED) is 0.635. The number of hydrogen-bond donors (Lipinski definition) is 2. The molecule has 120 valence electrons. The molecule has 0 radical (unpaired) electrons. The van der Waals surface area contributed by atoms with Crippen LogP contribution in [0.25, 0.3) is 0 Å². The van der Waals surface area contributed by atoms with Gasteiger partial charge in [0.15, 0.2) is 5.96 Å². The van der Waals surface area contributed by atoms with Crippen LogP contribution in [0.4, 0.5) is 5.69 Å². The lowest BCUT2D eigenvalue weighted by Crippen LogP contribution is -2.22. The zero-order valence-electron chi connectivity index (χ0n) is 13.3. The molecular weight excluding hydrogens is 288 g/mol. The molecule has 1 heterocycles. The van der Waals surface area contributed by atoms with Gasteiger partial charge in [0.05, 0.1) is 13.2 Å². The van der Waals surface area contributed by atoms with E-state index in [4.69, 9.17) is 10.5 Å². The minimum absolute atomic E-state index is 0.393. The number of guanidine groups is 1. The molecule has 1 aliphatic rings. The molecule has 0 aliphatic heterocycles. The van der Waals surface area contributed by atoms with Gasteiger partial charge in [-0.2, -0.15) is 0 Å². The van der Waals surface area contributed by atoms with Crippen molar-refractivity contribution in [3.8, 4) is 5.88 Å². The highest BCUT2D eigenvalue weighted by Crippen LogP contribution is 2.29. The van der Waals surface area contributed by atoms with E-state index in [2.05, 4.69) is 15.3 Å². The van der Waals surface area contributed by atoms with E-state index in [9.17, 15) is 0 Å². The Morgan fingerprint density at radius 2 is 2.22 bits per heavy atom. The molecule has 1 saturated carbocycles. The molecule has 1 aromatic carbocycles. The summed E-state index contributed by atoms with van der Waals surface area (Å²) in [6.45, 7) is 3.30. The zero-order chi connectivity index (χ0) is 16.1. The number of aliphatic imine (C=N–C) groups is 1. The van der Waals surface area contributed by atoms with E-state index in [0.717, 1.165) is 23.8 Å². The van der Waals surface area contributed by atoms with Crippen LogP contribution in [0.1, 0.15) is 24.0 Å². The molecule has 1 aliphatic carbocycles. The summed E-state index contributed by atoms with van der Waals surface area (Å²) in [5.41, 5.74) is 9.03. The van der Waals surface area contributed by atoms with E-state index in [1.807, 2.05) is 43.3 Å². The minimum Gasteiger partial charge on any atom is -0.477 e. The molecule has 1 aromatic heterocycles. The van der Waals surface area contributed by atoms with Crippen LogP contribution in [0.15, 0.2) is 47.6 Å². The molecule has 0 saturated heterocycles. The Hall–Kier alpha value is -2.56. The summed E-state index contributed by atoms with van der Waals surface area (Å²) in [5.74, 6) is 1.80. The SMILES string of the molecule is Cc1cccc(NC(N)=NCc2ccc(OCC3CC3)nc2)c1. The number of anilines is 1. The summed E-state index contributed by atoms with van der Waals surface area (Å²) in [6, 6.07) is 11.9. The van der Waals surface area contributed by atoms with Crippen LogP contribution >= 0.6 is 0 Å². The summed E-state index contributed by atoms with van der Waals surface area (Å²) in [5, 5.41) is 3.09. The largest absolute Gasteiger partial charge is 0.477 e. The number of ether oxygens (including phenoxy) is 1. The summed E-state index contributed by atoms with van der Waals surface area (Å²) < 4.78 is 5.62. The number of nitrogens with one attached hydrogen (secondary N) is 1. The van der Waals surface area contributed by atoms with Gasteiger partial charge < -0.3 is 15.8 Å². The summed E-state index contributed by atoms with van der Waals surface area (Å²) in [4.78, 5) is 8.63. The summed E-state index contributed by atoms with van der Waals surface area (Å²) in [6.07, 6.45) is 4.34. The first-order valence-corrected chi connectivity index (χ1v) is 7.90.